The predicted octanol–water partition coefficient (Wildman–Crippen LogP) is 3.17. The van der Waals surface area contributed by atoms with Crippen LogP contribution in [0.1, 0.15) is 73.2 Å². The van der Waals surface area contributed by atoms with Crippen molar-refractivity contribution in [1.29, 1.82) is 0 Å². The van der Waals surface area contributed by atoms with Crippen molar-refractivity contribution in [2.45, 2.75) is 103 Å². The molecule has 0 saturated carbocycles. The van der Waals surface area contributed by atoms with Gasteiger partial charge in [-0.2, -0.15) is 0 Å². The van der Waals surface area contributed by atoms with Crippen LogP contribution in [0.15, 0.2) is 30.3 Å². The molecule has 36 heavy (non-hydrogen) atoms. The first kappa shape index (κ1) is 28.7. The van der Waals surface area contributed by atoms with Crippen LogP contribution in [0.4, 0.5) is 0 Å². The quantitative estimate of drug-likeness (QED) is 0.523. The normalized spacial score (nSPS) is 45.0. The van der Waals surface area contributed by atoms with Gasteiger partial charge in [0.2, 0.25) is 0 Å². The summed E-state index contributed by atoms with van der Waals surface area (Å²) in [7, 11) is 0. The van der Waals surface area contributed by atoms with Gasteiger partial charge in [0.1, 0.15) is 17.5 Å². The number of ketones is 1. The summed E-state index contributed by atoms with van der Waals surface area (Å²) < 4.78 is 18.3. The lowest BCUT2D eigenvalue weighted by Gasteiger charge is -2.48. The van der Waals surface area contributed by atoms with E-state index >= 15 is 0 Å². The fourth-order valence-corrected chi connectivity index (χ4v) is 5.92. The number of carbonyl (C=O) groups is 2. The molecule has 3 rings (SSSR count). The molecule has 0 radical (unpaired) electrons. The molecular weight excluding hydrogens is 464 g/mol. The lowest BCUT2D eigenvalue weighted by Crippen LogP contribution is -2.59. The van der Waals surface area contributed by atoms with Crippen molar-refractivity contribution >= 4 is 11.8 Å². The van der Waals surface area contributed by atoms with E-state index in [-0.39, 0.29) is 18.6 Å². The predicted molar refractivity (Wildman–Crippen MR) is 133 cm³/mol. The molecule has 202 valence electrons. The number of aliphatic hydroxyl groups is 3. The number of cyclic esters (lactones) is 1. The smallest absolute Gasteiger partial charge is 0.311 e. The second-order valence-corrected chi connectivity index (χ2v) is 11.2. The average molecular weight is 507 g/mol. The molecule has 2 unspecified atom stereocenters. The molecule has 2 bridgehead atoms. The molecule has 0 aliphatic carbocycles. The molecule has 11 atom stereocenters. The van der Waals surface area contributed by atoms with Crippen molar-refractivity contribution in [3.63, 3.8) is 0 Å². The molecule has 0 aromatic heterocycles. The highest BCUT2D eigenvalue weighted by Crippen LogP contribution is 2.43. The highest BCUT2D eigenvalue weighted by molar-refractivity contribution is 5.83. The van der Waals surface area contributed by atoms with Gasteiger partial charge in [0.05, 0.1) is 29.8 Å². The maximum Gasteiger partial charge on any atom is 0.311 e. The van der Waals surface area contributed by atoms with Crippen LogP contribution in [-0.2, 0) is 23.8 Å². The molecule has 2 aliphatic heterocycles. The molecule has 8 nitrogen and oxygen atoms in total. The number of hydrogen-bond donors (Lipinski definition) is 3. The summed E-state index contributed by atoms with van der Waals surface area (Å²) in [5.41, 5.74) is -2.56. The molecule has 2 aliphatic rings. The highest BCUT2D eigenvalue weighted by atomic mass is 16.7. The van der Waals surface area contributed by atoms with Crippen molar-refractivity contribution in [2.75, 3.05) is 0 Å². The summed E-state index contributed by atoms with van der Waals surface area (Å²) in [6.07, 6.45) is -4.44. The van der Waals surface area contributed by atoms with Gasteiger partial charge < -0.3 is 29.5 Å². The molecule has 3 N–H and O–H groups in total. The molecule has 0 spiro atoms. The number of benzene rings is 1. The van der Waals surface area contributed by atoms with E-state index < -0.39 is 71.5 Å². The van der Waals surface area contributed by atoms with Gasteiger partial charge in [-0.15, -0.1) is 0 Å². The van der Waals surface area contributed by atoms with Gasteiger partial charge in [-0.05, 0) is 33.6 Å². The zero-order chi connectivity index (χ0) is 27.0. The Morgan fingerprint density at radius 2 is 1.58 bits per heavy atom. The molecule has 8 heteroatoms. The topological polar surface area (TPSA) is 123 Å². The third-order valence-corrected chi connectivity index (χ3v) is 8.10. The summed E-state index contributed by atoms with van der Waals surface area (Å²) in [6, 6.07) is 9.29. The second-order valence-electron chi connectivity index (χ2n) is 11.2. The van der Waals surface area contributed by atoms with Crippen LogP contribution in [0.3, 0.4) is 0 Å². The molecule has 0 amide bonds. The minimum absolute atomic E-state index is 0.0737. The number of fused-ring (bicyclic) bond motifs is 2. The Bertz CT molecular complexity index is 913. The fourth-order valence-electron chi connectivity index (χ4n) is 5.92. The van der Waals surface area contributed by atoms with Crippen LogP contribution in [0.2, 0.25) is 0 Å². The molecule has 1 aromatic carbocycles. The number of esters is 1. The van der Waals surface area contributed by atoms with E-state index in [0.717, 1.165) is 5.56 Å². The monoisotopic (exact) mass is 506 g/mol. The molecule has 2 heterocycles. The van der Waals surface area contributed by atoms with E-state index in [2.05, 4.69) is 0 Å². The van der Waals surface area contributed by atoms with Crippen molar-refractivity contribution in [2.24, 2.45) is 23.7 Å². The Hall–Kier alpha value is -1.84. The Morgan fingerprint density at radius 1 is 0.972 bits per heavy atom. The van der Waals surface area contributed by atoms with Gasteiger partial charge in [0, 0.05) is 23.3 Å². The lowest BCUT2D eigenvalue weighted by atomic mass is 9.73. The van der Waals surface area contributed by atoms with Gasteiger partial charge in [0.25, 0.3) is 0 Å². The van der Waals surface area contributed by atoms with E-state index in [4.69, 9.17) is 14.2 Å². The third-order valence-electron chi connectivity index (χ3n) is 8.10. The number of hydrogen-bond acceptors (Lipinski definition) is 8. The van der Waals surface area contributed by atoms with Crippen LogP contribution < -0.4 is 0 Å². The Kier molecular flexibility index (Phi) is 8.68. The van der Waals surface area contributed by atoms with E-state index in [1.807, 2.05) is 37.3 Å². The second kappa shape index (κ2) is 10.9. The zero-order valence-electron chi connectivity index (χ0n) is 22.4. The van der Waals surface area contributed by atoms with Crippen molar-refractivity contribution < 1.29 is 39.1 Å². The van der Waals surface area contributed by atoms with E-state index in [1.54, 1.807) is 34.6 Å². The van der Waals surface area contributed by atoms with Gasteiger partial charge in [-0.25, -0.2) is 0 Å². The van der Waals surface area contributed by atoms with Crippen molar-refractivity contribution in [3.8, 4) is 0 Å². The van der Waals surface area contributed by atoms with Crippen LogP contribution in [-0.4, -0.2) is 62.7 Å². The first-order chi connectivity index (χ1) is 16.7. The summed E-state index contributed by atoms with van der Waals surface area (Å²) in [6.45, 7) is 11.6. The molecule has 2 fully saturated rings. The zero-order valence-corrected chi connectivity index (χ0v) is 22.4. The van der Waals surface area contributed by atoms with E-state index in [0.29, 0.717) is 0 Å². The summed E-state index contributed by atoms with van der Waals surface area (Å²) in [5, 5.41) is 33.9. The molecule has 1 aromatic rings. The Balaban J connectivity index is 2.08. The first-order valence-electron chi connectivity index (χ1n) is 12.9. The average Bonchev–Trinajstić information content (AvgIpc) is 2.84. The first-order valence-corrected chi connectivity index (χ1v) is 12.9. The van der Waals surface area contributed by atoms with Gasteiger partial charge in [-0.3, -0.25) is 9.59 Å². The minimum Gasteiger partial charge on any atom is -0.459 e. The van der Waals surface area contributed by atoms with Gasteiger partial charge in [-0.1, -0.05) is 58.0 Å². The van der Waals surface area contributed by atoms with Crippen LogP contribution in [0, 0.1) is 23.7 Å². The van der Waals surface area contributed by atoms with Crippen LogP contribution in [0.25, 0.3) is 0 Å². The number of ether oxygens (including phenoxy) is 3. The third kappa shape index (κ3) is 5.53. The van der Waals surface area contributed by atoms with Gasteiger partial charge >= 0.3 is 5.97 Å². The summed E-state index contributed by atoms with van der Waals surface area (Å²) in [5.74, 6) is -3.65. The SMILES string of the molecule is CC[C@H]1OC(=O)[C@H](C)[C@H]2OC(c3ccccc3)O[C@H]([C@H]2C)[C@](C)(O)C[C@@H](C)C(=O)[C@H](C)C(O)[C@]1(C)O. The Labute approximate surface area is 213 Å². The molecule has 2 saturated heterocycles. The van der Waals surface area contributed by atoms with Crippen LogP contribution >= 0.6 is 0 Å². The van der Waals surface area contributed by atoms with E-state index in [9.17, 15) is 24.9 Å². The maximum atomic E-state index is 13.3. The minimum atomic E-state index is -1.86. The van der Waals surface area contributed by atoms with Crippen molar-refractivity contribution in [3.05, 3.63) is 35.9 Å². The number of carbonyl (C=O) groups excluding carboxylic acids is 2. The number of Topliss-reactive ketones (excluding diaryl/α,β-unsaturated/α-hetero) is 1. The number of aliphatic hydroxyl groups excluding tert-OH is 1. The van der Waals surface area contributed by atoms with E-state index in [1.165, 1.54) is 6.92 Å². The highest BCUT2D eigenvalue weighted by Gasteiger charge is 2.52. The van der Waals surface area contributed by atoms with Crippen LogP contribution in [0.5, 0.6) is 0 Å². The van der Waals surface area contributed by atoms with Gasteiger partial charge in [0.15, 0.2) is 6.29 Å². The summed E-state index contributed by atoms with van der Waals surface area (Å²) >= 11 is 0. The molecular formula is C28H42O8. The number of rotatable bonds is 2. The largest absolute Gasteiger partial charge is 0.459 e. The standard InChI is InChI=1S/C28H42O8/c1-8-20-28(7,33)23(30)16(3)21(29)15(2)14-27(6,32)24-17(4)22(18(5)25(31)34-20)35-26(36-24)19-12-10-9-11-13-19/h9-13,15-18,20,22-24,26,30,32-33H,8,14H2,1-7H3/t15-,16+,17+,18-,20-,22+,23?,24-,26?,27-,28-/m1/s1. The summed E-state index contributed by atoms with van der Waals surface area (Å²) in [4.78, 5) is 26.6. The maximum absolute atomic E-state index is 13.3. The lowest BCUT2D eigenvalue weighted by molar-refractivity contribution is -0.312. The Morgan fingerprint density at radius 3 is 2.17 bits per heavy atom. The fraction of sp³-hybridized carbons (Fsp3) is 0.714. The van der Waals surface area contributed by atoms with Crippen molar-refractivity contribution in [1.82, 2.24) is 0 Å².